The van der Waals surface area contributed by atoms with E-state index in [0.717, 1.165) is 45.6 Å². The molecule has 0 bridgehead atoms. The van der Waals surface area contributed by atoms with Crippen LogP contribution in [0.2, 0.25) is 5.02 Å². The van der Waals surface area contributed by atoms with Gasteiger partial charge in [-0.25, -0.2) is 0 Å². The van der Waals surface area contributed by atoms with Crippen LogP contribution in [0.3, 0.4) is 0 Å². The van der Waals surface area contributed by atoms with Gasteiger partial charge in [0, 0.05) is 25.8 Å². The predicted molar refractivity (Wildman–Crippen MR) is 125 cm³/mol. The van der Waals surface area contributed by atoms with Gasteiger partial charge in [-0.1, -0.05) is 53.7 Å². The molecule has 0 amide bonds. The monoisotopic (exact) mass is 469 g/mol. The standard InChI is InChI=1S/C22H24ClN7OS/c1-15-8-6-9-16(2)20(15)30-19(24-27-28-30)14-32-22-26-25-21(29(22)12-7-13-31-3)17-10-4-5-11-18(17)23/h4-6,8-11H,7,12-14H2,1-3H3. The summed E-state index contributed by atoms with van der Waals surface area (Å²) in [6.07, 6.45) is 0.833. The Morgan fingerprint density at radius 2 is 1.78 bits per heavy atom. The summed E-state index contributed by atoms with van der Waals surface area (Å²) in [5.74, 6) is 2.03. The molecule has 2 aromatic carbocycles. The zero-order chi connectivity index (χ0) is 22.5. The number of rotatable bonds is 9. The average Bonchev–Trinajstić information content (AvgIpc) is 3.40. The van der Waals surface area contributed by atoms with Crippen molar-refractivity contribution in [1.29, 1.82) is 0 Å². The number of ether oxygens (including phenoxy) is 1. The van der Waals surface area contributed by atoms with Crippen LogP contribution >= 0.6 is 23.4 Å². The predicted octanol–water partition coefficient (Wildman–Crippen LogP) is 4.52. The summed E-state index contributed by atoms with van der Waals surface area (Å²) < 4.78 is 9.12. The number of aryl methyl sites for hydroxylation is 2. The topological polar surface area (TPSA) is 83.5 Å². The van der Waals surface area contributed by atoms with Crippen LogP contribution in [0.4, 0.5) is 0 Å². The fourth-order valence-electron chi connectivity index (χ4n) is 3.54. The number of methoxy groups -OCH3 is 1. The minimum Gasteiger partial charge on any atom is -0.385 e. The quantitative estimate of drug-likeness (QED) is 0.263. The molecule has 2 heterocycles. The molecular weight excluding hydrogens is 446 g/mol. The summed E-state index contributed by atoms with van der Waals surface area (Å²) in [6, 6.07) is 13.8. The molecule has 8 nitrogen and oxygen atoms in total. The van der Waals surface area contributed by atoms with Crippen LogP contribution < -0.4 is 0 Å². The maximum absolute atomic E-state index is 6.44. The summed E-state index contributed by atoms with van der Waals surface area (Å²) in [6.45, 7) is 5.48. The first-order chi connectivity index (χ1) is 15.6. The van der Waals surface area contributed by atoms with Crippen molar-refractivity contribution >= 4 is 23.4 Å². The average molecular weight is 470 g/mol. The van der Waals surface area contributed by atoms with Gasteiger partial charge >= 0.3 is 0 Å². The molecule has 10 heteroatoms. The van der Waals surface area contributed by atoms with Gasteiger partial charge in [0.05, 0.1) is 16.5 Å². The third-order valence-electron chi connectivity index (χ3n) is 5.08. The number of thioether (sulfide) groups is 1. The molecule has 4 aromatic rings. The molecule has 0 N–H and O–H groups in total. The smallest absolute Gasteiger partial charge is 0.191 e. The minimum atomic E-state index is 0.547. The van der Waals surface area contributed by atoms with Crippen LogP contribution in [-0.2, 0) is 17.0 Å². The van der Waals surface area contributed by atoms with Crippen molar-refractivity contribution in [3.05, 3.63) is 64.4 Å². The van der Waals surface area contributed by atoms with E-state index in [-0.39, 0.29) is 0 Å². The second kappa shape index (κ2) is 10.2. The zero-order valence-corrected chi connectivity index (χ0v) is 19.8. The van der Waals surface area contributed by atoms with E-state index in [4.69, 9.17) is 16.3 Å². The van der Waals surface area contributed by atoms with Gasteiger partial charge in [-0.3, -0.25) is 0 Å². The molecule has 0 spiro atoms. The van der Waals surface area contributed by atoms with Gasteiger partial charge in [-0.05, 0) is 54.0 Å². The van der Waals surface area contributed by atoms with Gasteiger partial charge in [-0.15, -0.1) is 15.3 Å². The molecule has 0 atom stereocenters. The highest BCUT2D eigenvalue weighted by atomic mass is 35.5. The number of nitrogens with zero attached hydrogens (tertiary/aromatic N) is 7. The van der Waals surface area contributed by atoms with Crippen molar-refractivity contribution in [3.8, 4) is 17.1 Å². The Balaban J connectivity index is 1.62. The largest absolute Gasteiger partial charge is 0.385 e. The molecule has 0 fully saturated rings. The molecule has 0 aliphatic rings. The summed E-state index contributed by atoms with van der Waals surface area (Å²) in [5.41, 5.74) is 4.09. The number of benzene rings is 2. The van der Waals surface area contributed by atoms with Crippen LogP contribution in [0.25, 0.3) is 17.1 Å². The number of hydrogen-bond donors (Lipinski definition) is 0. The van der Waals surface area contributed by atoms with E-state index in [1.54, 1.807) is 23.6 Å². The Kier molecular flexibility index (Phi) is 7.19. The highest BCUT2D eigenvalue weighted by Crippen LogP contribution is 2.31. The maximum atomic E-state index is 6.44. The molecular formula is C22H24ClN7OS. The first kappa shape index (κ1) is 22.4. The Labute approximate surface area is 196 Å². The van der Waals surface area contributed by atoms with Crippen LogP contribution in [-0.4, -0.2) is 48.7 Å². The summed E-state index contributed by atoms with van der Waals surface area (Å²) in [5, 5.41) is 22.7. The van der Waals surface area contributed by atoms with Crippen LogP contribution in [0.1, 0.15) is 23.4 Å². The molecule has 32 heavy (non-hydrogen) atoms. The highest BCUT2D eigenvalue weighted by molar-refractivity contribution is 7.98. The van der Waals surface area contributed by atoms with E-state index in [9.17, 15) is 0 Å². The molecule has 2 aromatic heterocycles. The molecule has 0 saturated heterocycles. The van der Waals surface area contributed by atoms with E-state index in [0.29, 0.717) is 23.9 Å². The van der Waals surface area contributed by atoms with Crippen LogP contribution in [0, 0.1) is 13.8 Å². The lowest BCUT2D eigenvalue weighted by molar-refractivity contribution is 0.189. The van der Waals surface area contributed by atoms with E-state index in [2.05, 4.69) is 56.3 Å². The lowest BCUT2D eigenvalue weighted by atomic mass is 10.1. The van der Waals surface area contributed by atoms with E-state index < -0.39 is 0 Å². The minimum absolute atomic E-state index is 0.547. The van der Waals surface area contributed by atoms with Gasteiger partial charge < -0.3 is 9.30 Å². The van der Waals surface area contributed by atoms with Gasteiger partial charge in [-0.2, -0.15) is 4.68 Å². The molecule has 166 valence electrons. The third kappa shape index (κ3) is 4.69. The number of para-hydroxylation sites is 1. The second-order valence-corrected chi connectivity index (χ2v) is 8.67. The lowest BCUT2D eigenvalue weighted by Crippen LogP contribution is -2.08. The Hall–Kier alpha value is -2.75. The van der Waals surface area contributed by atoms with Crippen molar-refractivity contribution in [2.75, 3.05) is 13.7 Å². The van der Waals surface area contributed by atoms with Crippen LogP contribution in [0.15, 0.2) is 47.6 Å². The summed E-state index contributed by atoms with van der Waals surface area (Å²) in [7, 11) is 1.70. The zero-order valence-electron chi connectivity index (χ0n) is 18.2. The van der Waals surface area contributed by atoms with Crippen molar-refractivity contribution in [2.45, 2.75) is 37.7 Å². The first-order valence-corrected chi connectivity index (χ1v) is 11.6. The Morgan fingerprint density at radius 1 is 1.00 bits per heavy atom. The van der Waals surface area contributed by atoms with E-state index in [1.165, 1.54) is 0 Å². The molecule has 0 saturated carbocycles. The van der Waals surface area contributed by atoms with Crippen molar-refractivity contribution in [3.63, 3.8) is 0 Å². The van der Waals surface area contributed by atoms with E-state index in [1.807, 2.05) is 30.3 Å². The SMILES string of the molecule is COCCCn1c(SCc2nnnn2-c2c(C)cccc2C)nnc1-c1ccccc1Cl. The van der Waals surface area contributed by atoms with Gasteiger partial charge in [0.15, 0.2) is 16.8 Å². The second-order valence-electron chi connectivity index (χ2n) is 7.32. The maximum Gasteiger partial charge on any atom is 0.191 e. The molecule has 0 aliphatic heterocycles. The van der Waals surface area contributed by atoms with Crippen molar-refractivity contribution in [1.82, 2.24) is 35.0 Å². The molecule has 0 unspecified atom stereocenters. The first-order valence-electron chi connectivity index (χ1n) is 10.2. The van der Waals surface area contributed by atoms with E-state index >= 15 is 0 Å². The normalized spacial score (nSPS) is 11.2. The summed E-state index contributed by atoms with van der Waals surface area (Å²) >= 11 is 7.98. The number of tetrazole rings is 1. The number of halogens is 1. The van der Waals surface area contributed by atoms with Crippen molar-refractivity contribution in [2.24, 2.45) is 0 Å². The lowest BCUT2D eigenvalue weighted by Gasteiger charge is -2.12. The number of aromatic nitrogens is 7. The third-order valence-corrected chi connectivity index (χ3v) is 6.37. The highest BCUT2D eigenvalue weighted by Gasteiger charge is 2.19. The number of hydrogen-bond acceptors (Lipinski definition) is 7. The molecule has 0 radical (unpaired) electrons. The fourth-order valence-corrected chi connectivity index (χ4v) is 4.63. The summed E-state index contributed by atoms with van der Waals surface area (Å²) in [4.78, 5) is 0. The van der Waals surface area contributed by atoms with Gasteiger partial charge in [0.2, 0.25) is 0 Å². The molecule has 4 rings (SSSR count). The Morgan fingerprint density at radius 3 is 2.53 bits per heavy atom. The van der Waals surface area contributed by atoms with Crippen molar-refractivity contribution < 1.29 is 4.74 Å². The van der Waals surface area contributed by atoms with Gasteiger partial charge in [0.25, 0.3) is 0 Å². The Bertz CT molecular complexity index is 1190. The van der Waals surface area contributed by atoms with Crippen LogP contribution in [0.5, 0.6) is 0 Å². The fraction of sp³-hybridized carbons (Fsp3) is 0.318. The van der Waals surface area contributed by atoms with Gasteiger partial charge in [0.1, 0.15) is 0 Å². The molecule has 0 aliphatic carbocycles.